The van der Waals surface area contributed by atoms with Gasteiger partial charge in [-0.15, -0.1) is 0 Å². The SMILES string of the molecule is COCCCNC(=O)c1cc(Nc2ccc(OC)cc2OC)ncn1. The highest BCUT2D eigenvalue weighted by Gasteiger charge is 2.10. The van der Waals surface area contributed by atoms with Crippen LogP contribution >= 0.6 is 0 Å². The molecule has 8 nitrogen and oxygen atoms in total. The number of benzene rings is 1. The number of carbonyl (C=O) groups excluding carboxylic acids is 1. The van der Waals surface area contributed by atoms with Crippen LogP contribution in [0.3, 0.4) is 0 Å². The van der Waals surface area contributed by atoms with Crippen molar-refractivity contribution in [3.63, 3.8) is 0 Å². The molecule has 2 N–H and O–H groups in total. The summed E-state index contributed by atoms with van der Waals surface area (Å²) >= 11 is 0. The highest BCUT2D eigenvalue weighted by molar-refractivity contribution is 5.93. The van der Waals surface area contributed by atoms with Crippen molar-refractivity contribution >= 4 is 17.4 Å². The maximum absolute atomic E-state index is 12.1. The number of aromatic nitrogens is 2. The molecule has 1 aromatic heterocycles. The van der Waals surface area contributed by atoms with Crippen molar-refractivity contribution in [2.24, 2.45) is 0 Å². The van der Waals surface area contributed by atoms with E-state index < -0.39 is 0 Å². The van der Waals surface area contributed by atoms with E-state index in [0.29, 0.717) is 36.2 Å². The van der Waals surface area contributed by atoms with E-state index in [4.69, 9.17) is 14.2 Å². The lowest BCUT2D eigenvalue weighted by molar-refractivity contribution is 0.0943. The topological polar surface area (TPSA) is 94.6 Å². The Labute approximate surface area is 146 Å². The average molecular weight is 346 g/mol. The van der Waals surface area contributed by atoms with Crippen LogP contribution in [-0.4, -0.2) is 50.4 Å². The number of methoxy groups -OCH3 is 3. The Morgan fingerprint density at radius 3 is 2.68 bits per heavy atom. The van der Waals surface area contributed by atoms with Crippen molar-refractivity contribution in [3.8, 4) is 11.5 Å². The Balaban J connectivity index is 2.07. The number of hydrogen-bond acceptors (Lipinski definition) is 7. The molecule has 0 unspecified atom stereocenters. The van der Waals surface area contributed by atoms with Crippen LogP contribution in [0.2, 0.25) is 0 Å². The summed E-state index contributed by atoms with van der Waals surface area (Å²) in [5.41, 5.74) is 0.982. The van der Waals surface area contributed by atoms with E-state index in [1.165, 1.54) is 6.33 Å². The first-order valence-electron chi connectivity index (χ1n) is 7.76. The Bertz CT molecular complexity index is 709. The number of rotatable bonds is 9. The normalized spacial score (nSPS) is 10.2. The molecule has 0 saturated carbocycles. The van der Waals surface area contributed by atoms with E-state index in [2.05, 4.69) is 20.6 Å². The third kappa shape index (κ3) is 5.32. The molecule has 25 heavy (non-hydrogen) atoms. The van der Waals surface area contributed by atoms with Crippen molar-refractivity contribution in [2.45, 2.75) is 6.42 Å². The summed E-state index contributed by atoms with van der Waals surface area (Å²) in [6, 6.07) is 6.95. The molecule has 0 aliphatic carbocycles. The van der Waals surface area contributed by atoms with Gasteiger partial charge < -0.3 is 24.8 Å². The minimum atomic E-state index is -0.261. The summed E-state index contributed by atoms with van der Waals surface area (Å²) in [4.78, 5) is 20.2. The fourth-order valence-electron chi connectivity index (χ4n) is 2.10. The molecule has 1 heterocycles. The van der Waals surface area contributed by atoms with Gasteiger partial charge in [0.1, 0.15) is 29.3 Å². The molecule has 0 saturated heterocycles. The number of anilines is 2. The van der Waals surface area contributed by atoms with Crippen molar-refractivity contribution in [2.75, 3.05) is 39.8 Å². The van der Waals surface area contributed by atoms with Gasteiger partial charge in [-0.1, -0.05) is 0 Å². The summed E-state index contributed by atoms with van der Waals surface area (Å²) in [5.74, 6) is 1.51. The van der Waals surface area contributed by atoms with Crippen LogP contribution in [0.5, 0.6) is 11.5 Å². The van der Waals surface area contributed by atoms with E-state index in [1.807, 2.05) is 6.07 Å². The van der Waals surface area contributed by atoms with E-state index in [0.717, 1.165) is 6.42 Å². The van der Waals surface area contributed by atoms with Gasteiger partial charge in [-0.05, 0) is 18.6 Å². The summed E-state index contributed by atoms with van der Waals surface area (Å²) < 4.78 is 15.5. The van der Waals surface area contributed by atoms with Crippen molar-refractivity contribution in [3.05, 3.63) is 36.3 Å². The van der Waals surface area contributed by atoms with Gasteiger partial charge in [-0.2, -0.15) is 0 Å². The first kappa shape index (κ1) is 18.5. The zero-order valence-electron chi connectivity index (χ0n) is 14.5. The third-order valence-corrected chi connectivity index (χ3v) is 3.38. The minimum Gasteiger partial charge on any atom is -0.497 e. The van der Waals surface area contributed by atoms with Crippen molar-refractivity contribution < 1.29 is 19.0 Å². The molecular formula is C17H22N4O4. The monoisotopic (exact) mass is 346 g/mol. The van der Waals surface area contributed by atoms with Gasteiger partial charge in [0.15, 0.2) is 0 Å². The van der Waals surface area contributed by atoms with E-state index >= 15 is 0 Å². The Kier molecular flexibility index (Phi) is 6.97. The van der Waals surface area contributed by atoms with Gasteiger partial charge in [-0.25, -0.2) is 9.97 Å². The van der Waals surface area contributed by atoms with E-state index in [9.17, 15) is 4.79 Å². The fraction of sp³-hybridized carbons (Fsp3) is 0.353. The van der Waals surface area contributed by atoms with Crippen LogP contribution in [0.25, 0.3) is 0 Å². The number of nitrogens with one attached hydrogen (secondary N) is 2. The molecule has 0 fully saturated rings. The fourth-order valence-corrected chi connectivity index (χ4v) is 2.10. The summed E-state index contributed by atoms with van der Waals surface area (Å²) in [6.07, 6.45) is 2.07. The molecule has 2 aromatic rings. The summed E-state index contributed by atoms with van der Waals surface area (Å²) in [5, 5.41) is 5.90. The van der Waals surface area contributed by atoms with Crippen LogP contribution in [0.15, 0.2) is 30.6 Å². The molecule has 134 valence electrons. The van der Waals surface area contributed by atoms with Gasteiger partial charge in [0.25, 0.3) is 5.91 Å². The first-order chi connectivity index (χ1) is 12.2. The molecule has 1 aromatic carbocycles. The van der Waals surface area contributed by atoms with Gasteiger partial charge in [-0.3, -0.25) is 4.79 Å². The minimum absolute atomic E-state index is 0.261. The highest BCUT2D eigenvalue weighted by Crippen LogP contribution is 2.30. The van der Waals surface area contributed by atoms with E-state index in [1.54, 1.807) is 39.5 Å². The van der Waals surface area contributed by atoms with Gasteiger partial charge in [0, 0.05) is 32.4 Å². The van der Waals surface area contributed by atoms with Gasteiger partial charge in [0.05, 0.1) is 19.9 Å². The number of ether oxygens (including phenoxy) is 3. The predicted octanol–water partition coefficient (Wildman–Crippen LogP) is 2.00. The highest BCUT2D eigenvalue weighted by atomic mass is 16.5. The molecular weight excluding hydrogens is 324 g/mol. The second kappa shape index (κ2) is 9.43. The average Bonchev–Trinajstić information content (AvgIpc) is 2.65. The molecule has 0 radical (unpaired) electrons. The predicted molar refractivity (Wildman–Crippen MR) is 93.7 cm³/mol. The van der Waals surface area contributed by atoms with Crippen LogP contribution in [-0.2, 0) is 4.74 Å². The number of carbonyl (C=O) groups is 1. The standard InChI is InChI=1S/C17H22N4O4/c1-23-8-4-7-18-17(22)14-10-16(20-11-19-14)21-13-6-5-12(24-2)9-15(13)25-3/h5-6,9-11H,4,7-8H2,1-3H3,(H,18,22)(H,19,20,21). The van der Waals surface area contributed by atoms with Crippen molar-refractivity contribution in [1.82, 2.24) is 15.3 Å². The lowest BCUT2D eigenvalue weighted by Crippen LogP contribution is -2.26. The van der Waals surface area contributed by atoms with Crippen LogP contribution in [0.1, 0.15) is 16.9 Å². The smallest absolute Gasteiger partial charge is 0.270 e. The number of nitrogens with zero attached hydrogens (tertiary/aromatic N) is 2. The Morgan fingerprint density at radius 2 is 1.96 bits per heavy atom. The second-order valence-corrected chi connectivity index (χ2v) is 5.08. The Morgan fingerprint density at radius 1 is 1.12 bits per heavy atom. The first-order valence-corrected chi connectivity index (χ1v) is 7.76. The summed E-state index contributed by atoms with van der Waals surface area (Å²) in [6.45, 7) is 1.11. The third-order valence-electron chi connectivity index (χ3n) is 3.38. The summed E-state index contributed by atoms with van der Waals surface area (Å²) in [7, 11) is 4.78. The zero-order chi connectivity index (χ0) is 18.1. The van der Waals surface area contributed by atoms with Gasteiger partial charge >= 0.3 is 0 Å². The molecule has 0 bridgehead atoms. The van der Waals surface area contributed by atoms with Crippen LogP contribution < -0.4 is 20.1 Å². The quantitative estimate of drug-likeness (QED) is 0.671. The molecule has 0 aliphatic heterocycles. The van der Waals surface area contributed by atoms with E-state index in [-0.39, 0.29) is 11.6 Å². The zero-order valence-corrected chi connectivity index (χ0v) is 14.5. The van der Waals surface area contributed by atoms with Crippen LogP contribution in [0, 0.1) is 0 Å². The molecule has 0 aliphatic rings. The lowest BCUT2D eigenvalue weighted by Gasteiger charge is -2.12. The lowest BCUT2D eigenvalue weighted by atomic mass is 10.2. The molecule has 2 rings (SSSR count). The molecule has 0 spiro atoms. The van der Waals surface area contributed by atoms with Crippen LogP contribution in [0.4, 0.5) is 11.5 Å². The molecule has 1 amide bonds. The largest absolute Gasteiger partial charge is 0.497 e. The maximum atomic E-state index is 12.1. The maximum Gasteiger partial charge on any atom is 0.270 e. The van der Waals surface area contributed by atoms with Crippen molar-refractivity contribution in [1.29, 1.82) is 0 Å². The van der Waals surface area contributed by atoms with Gasteiger partial charge in [0.2, 0.25) is 0 Å². The number of hydrogen-bond donors (Lipinski definition) is 2. The Hall–Kier alpha value is -2.87. The number of amides is 1. The molecule has 0 atom stereocenters. The second-order valence-electron chi connectivity index (χ2n) is 5.08. The molecule has 8 heteroatoms.